The monoisotopic (exact) mass is 295 g/mol. The fraction of sp³-hybridized carbons (Fsp3) is 0.154. The van der Waals surface area contributed by atoms with E-state index in [0.29, 0.717) is 23.6 Å². The number of nitro groups is 1. The maximum Gasteiger partial charge on any atom is 0.275 e. The molecule has 1 heterocycles. The molecule has 0 aliphatic rings. The predicted molar refractivity (Wildman–Crippen MR) is 71.1 cm³/mol. The number of nitro benzene ring substituents is 1. The summed E-state index contributed by atoms with van der Waals surface area (Å²) in [4.78, 5) is 13.6. The van der Waals surface area contributed by atoms with E-state index in [1.54, 1.807) is 12.1 Å². The molecule has 0 fully saturated rings. The highest BCUT2D eigenvalue weighted by atomic mass is 19.1. The molecular formula is C13H11F2N3O3. The van der Waals surface area contributed by atoms with Gasteiger partial charge in [0.15, 0.2) is 11.6 Å². The Morgan fingerprint density at radius 2 is 2.05 bits per heavy atom. The van der Waals surface area contributed by atoms with E-state index >= 15 is 0 Å². The molecule has 0 bridgehead atoms. The zero-order valence-electron chi connectivity index (χ0n) is 11.0. The summed E-state index contributed by atoms with van der Waals surface area (Å²) in [5.74, 6) is -1.75. The first-order chi connectivity index (χ1) is 10.0. The molecule has 1 aromatic heterocycles. The standard InChI is InChI=1S/C13H11F2N3O3/c1-21-13-8(3-2-4-16-13)7-17-12-10(14)5-9(18(19)20)6-11(12)15/h2-6,17H,7H2,1H3. The number of halogens is 2. The molecule has 0 saturated carbocycles. The van der Waals surface area contributed by atoms with Gasteiger partial charge in [0.05, 0.1) is 24.2 Å². The smallest absolute Gasteiger partial charge is 0.275 e. The van der Waals surface area contributed by atoms with Crippen LogP contribution in [0.15, 0.2) is 30.5 Å². The van der Waals surface area contributed by atoms with E-state index in [-0.39, 0.29) is 6.54 Å². The minimum absolute atomic E-state index is 0.0582. The van der Waals surface area contributed by atoms with Crippen molar-refractivity contribution < 1.29 is 18.4 Å². The maximum atomic E-state index is 13.7. The van der Waals surface area contributed by atoms with Gasteiger partial charge in [0.2, 0.25) is 5.88 Å². The van der Waals surface area contributed by atoms with Crippen LogP contribution >= 0.6 is 0 Å². The summed E-state index contributed by atoms with van der Waals surface area (Å²) >= 11 is 0. The molecule has 0 amide bonds. The number of benzene rings is 1. The lowest BCUT2D eigenvalue weighted by atomic mass is 10.2. The third-order valence-electron chi connectivity index (χ3n) is 2.74. The Hall–Kier alpha value is -2.77. The number of aromatic nitrogens is 1. The largest absolute Gasteiger partial charge is 0.481 e. The van der Waals surface area contributed by atoms with Gasteiger partial charge in [0.1, 0.15) is 5.69 Å². The Morgan fingerprint density at radius 1 is 1.38 bits per heavy atom. The lowest BCUT2D eigenvalue weighted by molar-refractivity contribution is -0.385. The van der Waals surface area contributed by atoms with E-state index in [1.807, 2.05) is 0 Å². The number of ether oxygens (including phenoxy) is 1. The van der Waals surface area contributed by atoms with E-state index in [9.17, 15) is 18.9 Å². The minimum atomic E-state index is -1.04. The van der Waals surface area contributed by atoms with E-state index in [1.165, 1.54) is 13.3 Å². The van der Waals surface area contributed by atoms with Crippen LogP contribution in [0.2, 0.25) is 0 Å². The van der Waals surface area contributed by atoms with Crippen molar-refractivity contribution in [2.75, 3.05) is 12.4 Å². The van der Waals surface area contributed by atoms with Crippen LogP contribution < -0.4 is 10.1 Å². The molecule has 0 aliphatic heterocycles. The van der Waals surface area contributed by atoms with Crippen molar-refractivity contribution in [1.29, 1.82) is 0 Å². The third-order valence-corrected chi connectivity index (χ3v) is 2.74. The van der Waals surface area contributed by atoms with Crippen LogP contribution in [-0.2, 0) is 6.54 Å². The molecule has 21 heavy (non-hydrogen) atoms. The molecule has 2 aromatic rings. The van der Waals surface area contributed by atoms with Gasteiger partial charge in [0, 0.05) is 18.3 Å². The van der Waals surface area contributed by atoms with E-state index < -0.39 is 27.9 Å². The van der Waals surface area contributed by atoms with Gasteiger partial charge < -0.3 is 10.1 Å². The number of pyridine rings is 1. The molecule has 8 heteroatoms. The first kappa shape index (κ1) is 14.6. The number of methoxy groups -OCH3 is 1. The molecule has 0 radical (unpaired) electrons. The van der Waals surface area contributed by atoms with E-state index in [0.717, 1.165) is 0 Å². The molecule has 6 nitrogen and oxygen atoms in total. The molecule has 0 atom stereocenters. The average Bonchev–Trinajstić information content (AvgIpc) is 2.46. The highest BCUT2D eigenvalue weighted by Crippen LogP contribution is 2.26. The van der Waals surface area contributed by atoms with Crippen LogP contribution in [0.5, 0.6) is 5.88 Å². The van der Waals surface area contributed by atoms with Gasteiger partial charge in [-0.15, -0.1) is 0 Å². The molecule has 1 aromatic carbocycles. The summed E-state index contributed by atoms with van der Waals surface area (Å²) < 4.78 is 32.4. The molecule has 2 rings (SSSR count). The topological polar surface area (TPSA) is 77.3 Å². The van der Waals surface area contributed by atoms with Gasteiger partial charge in [-0.2, -0.15) is 0 Å². The van der Waals surface area contributed by atoms with Crippen LogP contribution in [0.25, 0.3) is 0 Å². The molecule has 0 saturated heterocycles. The van der Waals surface area contributed by atoms with Crippen molar-refractivity contribution in [3.05, 3.63) is 57.8 Å². The molecule has 1 N–H and O–H groups in total. The van der Waals surface area contributed by atoms with Crippen molar-refractivity contribution in [2.45, 2.75) is 6.54 Å². The summed E-state index contributed by atoms with van der Waals surface area (Å²) in [6, 6.07) is 4.65. The second-order valence-corrected chi connectivity index (χ2v) is 4.07. The normalized spacial score (nSPS) is 10.2. The Bertz CT molecular complexity index is 656. The minimum Gasteiger partial charge on any atom is -0.481 e. The number of nitrogens with zero attached hydrogens (tertiary/aromatic N) is 2. The van der Waals surface area contributed by atoms with Crippen molar-refractivity contribution in [3.63, 3.8) is 0 Å². The number of non-ortho nitro benzene ring substituents is 1. The summed E-state index contributed by atoms with van der Waals surface area (Å²) in [7, 11) is 1.43. The Labute approximate surface area is 118 Å². The van der Waals surface area contributed by atoms with Crippen molar-refractivity contribution in [3.8, 4) is 5.88 Å². The van der Waals surface area contributed by atoms with Crippen LogP contribution in [0, 0.1) is 21.7 Å². The van der Waals surface area contributed by atoms with Gasteiger partial charge >= 0.3 is 0 Å². The zero-order chi connectivity index (χ0) is 15.4. The van der Waals surface area contributed by atoms with Gasteiger partial charge in [0.25, 0.3) is 5.69 Å². The highest BCUT2D eigenvalue weighted by molar-refractivity contribution is 5.52. The number of hydrogen-bond donors (Lipinski definition) is 1. The highest BCUT2D eigenvalue weighted by Gasteiger charge is 2.17. The van der Waals surface area contributed by atoms with Gasteiger partial charge in [-0.1, -0.05) is 6.07 Å². The molecule has 0 unspecified atom stereocenters. The van der Waals surface area contributed by atoms with Crippen LogP contribution in [0.1, 0.15) is 5.56 Å². The second-order valence-electron chi connectivity index (χ2n) is 4.07. The van der Waals surface area contributed by atoms with Crippen molar-refractivity contribution in [1.82, 2.24) is 4.98 Å². The number of nitrogens with one attached hydrogen (secondary N) is 1. The van der Waals surface area contributed by atoms with Gasteiger partial charge in [-0.3, -0.25) is 10.1 Å². The lowest BCUT2D eigenvalue weighted by Crippen LogP contribution is -2.06. The van der Waals surface area contributed by atoms with Crippen LogP contribution in [0.4, 0.5) is 20.2 Å². The molecular weight excluding hydrogens is 284 g/mol. The number of hydrogen-bond acceptors (Lipinski definition) is 5. The molecule has 110 valence electrons. The lowest BCUT2D eigenvalue weighted by Gasteiger charge is -2.10. The fourth-order valence-electron chi connectivity index (χ4n) is 1.76. The van der Waals surface area contributed by atoms with Crippen molar-refractivity contribution in [2.24, 2.45) is 0 Å². The predicted octanol–water partition coefficient (Wildman–Crippen LogP) is 2.89. The molecule has 0 aliphatic carbocycles. The summed E-state index contributed by atoms with van der Waals surface area (Å²) in [6.45, 7) is 0.0582. The van der Waals surface area contributed by atoms with Crippen LogP contribution in [0.3, 0.4) is 0 Å². The quantitative estimate of drug-likeness (QED) is 0.678. The second kappa shape index (κ2) is 6.12. The Kier molecular flexibility index (Phi) is 4.27. The van der Waals surface area contributed by atoms with Crippen molar-refractivity contribution >= 4 is 11.4 Å². The summed E-state index contributed by atoms with van der Waals surface area (Å²) in [6.07, 6.45) is 1.52. The number of anilines is 1. The fourth-order valence-corrected chi connectivity index (χ4v) is 1.76. The average molecular weight is 295 g/mol. The first-order valence-corrected chi connectivity index (χ1v) is 5.88. The number of rotatable bonds is 5. The summed E-state index contributed by atoms with van der Waals surface area (Å²) in [5.41, 5.74) is -0.488. The molecule has 0 spiro atoms. The van der Waals surface area contributed by atoms with Gasteiger partial charge in [-0.25, -0.2) is 13.8 Å². The maximum absolute atomic E-state index is 13.7. The summed E-state index contributed by atoms with van der Waals surface area (Å²) in [5, 5.41) is 13.1. The van der Waals surface area contributed by atoms with Gasteiger partial charge in [-0.05, 0) is 6.07 Å². The Balaban J connectivity index is 2.22. The Morgan fingerprint density at radius 3 is 2.62 bits per heavy atom. The van der Waals surface area contributed by atoms with E-state index in [4.69, 9.17) is 4.74 Å². The van der Waals surface area contributed by atoms with Crippen LogP contribution in [-0.4, -0.2) is 17.0 Å². The third kappa shape index (κ3) is 3.22. The zero-order valence-corrected chi connectivity index (χ0v) is 11.0. The first-order valence-electron chi connectivity index (χ1n) is 5.88. The SMILES string of the molecule is COc1ncccc1CNc1c(F)cc([N+](=O)[O-])cc1F. The van der Waals surface area contributed by atoms with E-state index in [2.05, 4.69) is 10.3 Å².